The third-order valence-electron chi connectivity index (χ3n) is 15.6. The van der Waals surface area contributed by atoms with Crippen LogP contribution in [0.4, 0.5) is 0 Å². The van der Waals surface area contributed by atoms with E-state index in [0.29, 0.717) is 19.3 Å². The fraction of sp³-hybridized carbons (Fsp3) is 0.864. The van der Waals surface area contributed by atoms with Gasteiger partial charge in [-0.15, -0.1) is 0 Å². The number of allylic oxidation sites excluding steroid dienone is 8. The minimum Gasteiger partial charge on any atom is -0.394 e. The number of hydrogen-bond acceptors (Lipinski definition) is 10. The van der Waals surface area contributed by atoms with Gasteiger partial charge in [-0.25, -0.2) is 0 Å². The summed E-state index contributed by atoms with van der Waals surface area (Å²) in [6.45, 7) is 3.47. The Morgan fingerprint density at radius 2 is 0.779 bits per heavy atom. The topological polar surface area (TPSA) is 189 Å². The SMILES string of the molecule is CCCCCCCCCCCCCC/C=C\CCCCCCCCCCCC(O)C(=O)NC(COC1OC(CO)C(O)C(O)C1O)C(O)C(O)CCC/C=C/CC/C=C/CC/C=C/CCCCCCCCCCCCCC. The Labute approximate surface area is 472 Å². The Hall–Kier alpha value is -1.93. The maximum atomic E-state index is 13.2. The van der Waals surface area contributed by atoms with E-state index in [0.717, 1.165) is 44.9 Å². The molecule has 1 fully saturated rings. The summed E-state index contributed by atoms with van der Waals surface area (Å²) >= 11 is 0. The van der Waals surface area contributed by atoms with Gasteiger partial charge in [-0.05, 0) is 89.9 Å². The number of unbranched alkanes of at least 4 members (excludes halogenated alkanes) is 36. The molecular weight excluding hydrogens is 967 g/mol. The van der Waals surface area contributed by atoms with E-state index in [2.05, 4.69) is 67.8 Å². The molecule has 0 spiro atoms. The number of rotatable bonds is 56. The van der Waals surface area contributed by atoms with Crippen molar-refractivity contribution in [3.63, 3.8) is 0 Å². The highest BCUT2D eigenvalue weighted by Gasteiger charge is 2.44. The summed E-state index contributed by atoms with van der Waals surface area (Å²) in [5.74, 6) is -0.712. The van der Waals surface area contributed by atoms with Crippen molar-refractivity contribution in [1.29, 1.82) is 0 Å². The van der Waals surface area contributed by atoms with Gasteiger partial charge in [-0.1, -0.05) is 255 Å². The molecule has 0 aromatic rings. The molecule has 1 heterocycles. The Balaban J connectivity index is 2.30. The molecule has 1 aliphatic heterocycles. The van der Waals surface area contributed by atoms with E-state index in [1.165, 1.54) is 205 Å². The van der Waals surface area contributed by atoms with Crippen LogP contribution >= 0.6 is 0 Å². The van der Waals surface area contributed by atoms with E-state index in [9.17, 15) is 40.5 Å². The standard InChI is InChI=1S/C66H123NO10/c1-3-5-7-9-11-13-15-17-19-21-23-25-27-29-31-33-35-37-39-41-43-45-47-49-51-53-58(69)61(71)57(56-76-66-64(74)63(73)62(72)60(55-68)77-66)67-65(75)59(70)54-52-50-48-46-44-42-40-38-36-34-32-30-28-26-24-22-20-18-16-14-12-10-8-6-4-2/h29-32,37,39,45,47,57-64,66,68-74H,3-28,33-36,38,40-44,46,48-56H2,1-2H3,(H,67,75)/b31-29+,32-30-,39-37+,47-45+. The summed E-state index contributed by atoms with van der Waals surface area (Å²) in [5.41, 5.74) is 0. The van der Waals surface area contributed by atoms with E-state index < -0.39 is 74.2 Å². The molecule has 0 saturated carbocycles. The minimum atomic E-state index is -1.68. The van der Waals surface area contributed by atoms with Crippen LogP contribution in [0.25, 0.3) is 0 Å². The Kier molecular flexibility index (Phi) is 51.9. The quantitative estimate of drug-likeness (QED) is 0.0215. The molecule has 1 amide bonds. The van der Waals surface area contributed by atoms with E-state index in [1.54, 1.807) is 0 Å². The maximum absolute atomic E-state index is 13.2. The van der Waals surface area contributed by atoms with Crippen LogP contribution in [0.5, 0.6) is 0 Å². The summed E-state index contributed by atoms with van der Waals surface area (Å²) in [6.07, 6.45) is 58.9. The van der Waals surface area contributed by atoms with Crippen molar-refractivity contribution in [3.8, 4) is 0 Å². The summed E-state index contributed by atoms with van der Waals surface area (Å²) in [4.78, 5) is 13.2. The molecule has 8 N–H and O–H groups in total. The molecule has 0 aromatic heterocycles. The third kappa shape index (κ3) is 42.6. The number of nitrogens with one attached hydrogen (secondary N) is 1. The van der Waals surface area contributed by atoms with Crippen molar-refractivity contribution in [3.05, 3.63) is 48.6 Å². The lowest BCUT2D eigenvalue weighted by molar-refractivity contribution is -0.303. The number of carbonyl (C=O) groups is 1. The number of ether oxygens (including phenoxy) is 2. The van der Waals surface area contributed by atoms with Crippen LogP contribution in [-0.4, -0.2) is 110 Å². The first-order chi connectivity index (χ1) is 37.7. The second kappa shape index (κ2) is 54.6. The molecule has 11 nitrogen and oxygen atoms in total. The summed E-state index contributed by atoms with van der Waals surface area (Å²) in [5, 5.41) is 76.3. The highest BCUT2D eigenvalue weighted by molar-refractivity contribution is 5.80. The molecule has 0 bridgehead atoms. The molecule has 0 radical (unpaired) electrons. The van der Waals surface area contributed by atoms with Crippen LogP contribution in [0.2, 0.25) is 0 Å². The summed E-state index contributed by atoms with van der Waals surface area (Å²) in [6, 6.07) is -1.20. The Morgan fingerprint density at radius 1 is 0.442 bits per heavy atom. The van der Waals surface area contributed by atoms with Gasteiger partial charge in [0, 0.05) is 0 Å². The van der Waals surface area contributed by atoms with Crippen molar-refractivity contribution in [2.75, 3.05) is 13.2 Å². The molecule has 0 aliphatic carbocycles. The molecule has 77 heavy (non-hydrogen) atoms. The van der Waals surface area contributed by atoms with Gasteiger partial charge in [0.2, 0.25) is 5.91 Å². The molecule has 452 valence electrons. The fourth-order valence-corrected chi connectivity index (χ4v) is 10.3. The van der Waals surface area contributed by atoms with Crippen molar-refractivity contribution < 1.29 is 50.0 Å². The molecule has 1 aliphatic rings. The molecule has 1 rings (SSSR count). The van der Waals surface area contributed by atoms with Crippen LogP contribution in [0.1, 0.15) is 296 Å². The van der Waals surface area contributed by atoms with Gasteiger partial charge in [0.1, 0.15) is 36.6 Å². The van der Waals surface area contributed by atoms with Gasteiger partial charge in [0.25, 0.3) is 0 Å². The number of hydrogen-bond donors (Lipinski definition) is 8. The van der Waals surface area contributed by atoms with Gasteiger partial charge in [-0.3, -0.25) is 4.79 Å². The van der Waals surface area contributed by atoms with Crippen LogP contribution in [-0.2, 0) is 14.3 Å². The lowest BCUT2D eigenvalue weighted by atomic mass is 9.98. The van der Waals surface area contributed by atoms with E-state index in [1.807, 2.05) is 0 Å². The van der Waals surface area contributed by atoms with Crippen LogP contribution in [0.3, 0.4) is 0 Å². The van der Waals surface area contributed by atoms with Gasteiger partial charge in [0.15, 0.2) is 6.29 Å². The Bertz CT molecular complexity index is 1390. The second-order valence-electron chi connectivity index (χ2n) is 22.8. The number of amides is 1. The summed E-state index contributed by atoms with van der Waals surface area (Å²) < 4.78 is 11.2. The molecule has 9 unspecified atom stereocenters. The molecular formula is C66H123NO10. The first-order valence-electron chi connectivity index (χ1n) is 32.5. The normalized spacial score (nSPS) is 19.8. The minimum absolute atomic E-state index is 0.240. The predicted molar refractivity (Wildman–Crippen MR) is 321 cm³/mol. The highest BCUT2D eigenvalue weighted by atomic mass is 16.7. The van der Waals surface area contributed by atoms with Gasteiger partial charge < -0.3 is 50.5 Å². The van der Waals surface area contributed by atoms with Crippen molar-refractivity contribution in [1.82, 2.24) is 5.32 Å². The first-order valence-corrected chi connectivity index (χ1v) is 32.5. The van der Waals surface area contributed by atoms with Crippen LogP contribution in [0.15, 0.2) is 48.6 Å². The fourth-order valence-electron chi connectivity index (χ4n) is 10.3. The zero-order chi connectivity index (χ0) is 56.1. The average molecular weight is 1090 g/mol. The Morgan fingerprint density at radius 3 is 1.16 bits per heavy atom. The smallest absolute Gasteiger partial charge is 0.249 e. The van der Waals surface area contributed by atoms with Crippen molar-refractivity contribution in [2.24, 2.45) is 0 Å². The van der Waals surface area contributed by atoms with Gasteiger partial charge in [-0.2, -0.15) is 0 Å². The molecule has 9 atom stereocenters. The zero-order valence-electron chi connectivity index (χ0n) is 49.7. The van der Waals surface area contributed by atoms with E-state index in [-0.39, 0.29) is 12.8 Å². The predicted octanol–water partition coefficient (Wildman–Crippen LogP) is 14.8. The molecule has 1 saturated heterocycles. The highest BCUT2D eigenvalue weighted by Crippen LogP contribution is 2.23. The van der Waals surface area contributed by atoms with E-state index in [4.69, 9.17) is 9.47 Å². The van der Waals surface area contributed by atoms with Gasteiger partial charge >= 0.3 is 0 Å². The van der Waals surface area contributed by atoms with Gasteiger partial charge in [0.05, 0.1) is 25.4 Å². The molecule has 11 heteroatoms. The lowest BCUT2D eigenvalue weighted by Crippen LogP contribution is -2.60. The van der Waals surface area contributed by atoms with Crippen LogP contribution in [0, 0.1) is 0 Å². The largest absolute Gasteiger partial charge is 0.394 e. The number of aliphatic hydroxyl groups is 7. The van der Waals surface area contributed by atoms with Crippen molar-refractivity contribution in [2.45, 2.75) is 351 Å². The second-order valence-corrected chi connectivity index (χ2v) is 22.8. The van der Waals surface area contributed by atoms with E-state index >= 15 is 0 Å². The maximum Gasteiger partial charge on any atom is 0.249 e. The zero-order valence-corrected chi connectivity index (χ0v) is 49.7. The average Bonchev–Trinajstić information content (AvgIpc) is 3.43. The third-order valence-corrected chi connectivity index (χ3v) is 15.6. The van der Waals surface area contributed by atoms with Crippen LogP contribution < -0.4 is 5.32 Å². The number of aliphatic hydroxyl groups excluding tert-OH is 7. The molecule has 0 aromatic carbocycles. The van der Waals surface area contributed by atoms with Crippen molar-refractivity contribution >= 4 is 5.91 Å². The lowest BCUT2D eigenvalue weighted by Gasteiger charge is -2.40. The first kappa shape index (κ1) is 73.1. The number of carbonyl (C=O) groups excluding carboxylic acids is 1. The summed E-state index contributed by atoms with van der Waals surface area (Å²) in [7, 11) is 0. The monoisotopic (exact) mass is 1090 g/mol.